The number of hydrogen-bond acceptors (Lipinski definition) is 4. The van der Waals surface area contributed by atoms with Gasteiger partial charge >= 0.3 is 0 Å². The van der Waals surface area contributed by atoms with Crippen molar-refractivity contribution in [3.63, 3.8) is 0 Å². The number of likely N-dealkylation sites (N-methyl/N-ethyl adjacent to an activating group) is 1. The van der Waals surface area contributed by atoms with Gasteiger partial charge in [0.05, 0.1) is 12.3 Å². The third-order valence-electron chi connectivity index (χ3n) is 3.29. The summed E-state index contributed by atoms with van der Waals surface area (Å²) in [6.07, 6.45) is 1.92. The minimum Gasteiger partial charge on any atom is -0.476 e. The summed E-state index contributed by atoms with van der Waals surface area (Å²) < 4.78 is 5.58. The molecular formula is C17H23N3O. The van der Waals surface area contributed by atoms with Crippen LogP contribution in [0.25, 0.3) is 0 Å². The standard InChI is InChI=1S/C17H23N3O/c1-3-13-21-17-15(18)9-10-16(19-17)20(2)12-11-14-7-5-4-6-8-14/h4-10H,3,11-13,18H2,1-2H3. The van der Waals surface area contributed by atoms with Crippen molar-refractivity contribution in [2.24, 2.45) is 0 Å². The Kier molecular flexibility index (Phi) is 5.43. The van der Waals surface area contributed by atoms with Gasteiger partial charge in [0, 0.05) is 13.6 Å². The number of nitrogens with zero attached hydrogens (tertiary/aromatic N) is 2. The van der Waals surface area contributed by atoms with E-state index in [0.717, 1.165) is 25.2 Å². The second-order valence-electron chi connectivity index (χ2n) is 5.07. The highest BCUT2D eigenvalue weighted by molar-refractivity contribution is 5.54. The van der Waals surface area contributed by atoms with E-state index in [1.54, 1.807) is 0 Å². The van der Waals surface area contributed by atoms with Crippen molar-refractivity contribution in [3.8, 4) is 5.88 Å². The summed E-state index contributed by atoms with van der Waals surface area (Å²) in [6, 6.07) is 14.2. The van der Waals surface area contributed by atoms with Gasteiger partial charge in [-0.2, -0.15) is 4.98 Å². The minimum atomic E-state index is 0.529. The average Bonchev–Trinajstić information content (AvgIpc) is 2.53. The Bertz CT molecular complexity index is 557. The normalized spacial score (nSPS) is 10.4. The van der Waals surface area contributed by atoms with Crippen molar-refractivity contribution >= 4 is 11.5 Å². The molecule has 2 N–H and O–H groups in total. The largest absolute Gasteiger partial charge is 0.476 e. The molecule has 0 unspecified atom stereocenters. The van der Waals surface area contributed by atoms with Gasteiger partial charge in [0.15, 0.2) is 0 Å². The molecule has 4 nitrogen and oxygen atoms in total. The predicted octanol–water partition coefficient (Wildman–Crippen LogP) is 3.13. The first-order valence-corrected chi connectivity index (χ1v) is 7.35. The summed E-state index contributed by atoms with van der Waals surface area (Å²) in [5.74, 6) is 1.41. The maximum Gasteiger partial charge on any atom is 0.239 e. The van der Waals surface area contributed by atoms with Crippen LogP contribution >= 0.6 is 0 Å². The van der Waals surface area contributed by atoms with Crippen molar-refractivity contribution in [1.29, 1.82) is 0 Å². The lowest BCUT2D eigenvalue weighted by molar-refractivity contribution is 0.307. The molecule has 0 atom stereocenters. The van der Waals surface area contributed by atoms with Crippen LogP contribution < -0.4 is 15.4 Å². The second kappa shape index (κ2) is 7.53. The van der Waals surface area contributed by atoms with Gasteiger partial charge in [-0.1, -0.05) is 37.3 Å². The Balaban J connectivity index is 2.00. The van der Waals surface area contributed by atoms with E-state index in [2.05, 4.69) is 41.1 Å². The van der Waals surface area contributed by atoms with Crippen molar-refractivity contribution in [3.05, 3.63) is 48.0 Å². The number of pyridine rings is 1. The number of ether oxygens (including phenoxy) is 1. The first kappa shape index (κ1) is 15.2. The van der Waals surface area contributed by atoms with Gasteiger partial charge in [-0.15, -0.1) is 0 Å². The quantitative estimate of drug-likeness (QED) is 0.849. The summed E-state index contributed by atoms with van der Waals surface area (Å²) in [5.41, 5.74) is 7.80. The zero-order valence-electron chi connectivity index (χ0n) is 12.7. The molecule has 0 aliphatic rings. The highest BCUT2D eigenvalue weighted by Gasteiger charge is 2.08. The lowest BCUT2D eigenvalue weighted by Gasteiger charge is -2.19. The molecule has 4 heteroatoms. The SMILES string of the molecule is CCCOc1nc(N(C)CCc2ccccc2)ccc1N. The van der Waals surface area contributed by atoms with E-state index in [1.165, 1.54) is 5.56 Å². The van der Waals surface area contributed by atoms with Gasteiger partial charge < -0.3 is 15.4 Å². The molecule has 0 fully saturated rings. The minimum absolute atomic E-state index is 0.529. The van der Waals surface area contributed by atoms with Crippen molar-refractivity contribution in [1.82, 2.24) is 4.98 Å². The maximum atomic E-state index is 5.89. The van der Waals surface area contributed by atoms with Crippen LogP contribution in [-0.2, 0) is 6.42 Å². The molecule has 0 saturated carbocycles. The molecule has 112 valence electrons. The third-order valence-corrected chi connectivity index (χ3v) is 3.29. The summed E-state index contributed by atoms with van der Waals surface area (Å²) in [7, 11) is 2.03. The fourth-order valence-electron chi connectivity index (χ4n) is 2.02. The maximum absolute atomic E-state index is 5.89. The Hall–Kier alpha value is -2.23. The van der Waals surface area contributed by atoms with Crippen LogP contribution in [0.2, 0.25) is 0 Å². The van der Waals surface area contributed by atoms with E-state index in [-0.39, 0.29) is 0 Å². The first-order valence-electron chi connectivity index (χ1n) is 7.35. The van der Waals surface area contributed by atoms with Crippen LogP contribution in [0.15, 0.2) is 42.5 Å². The Morgan fingerprint density at radius 3 is 2.62 bits per heavy atom. The Morgan fingerprint density at radius 2 is 1.90 bits per heavy atom. The molecule has 2 aromatic rings. The molecule has 0 amide bonds. The van der Waals surface area contributed by atoms with Crippen molar-refractivity contribution in [2.75, 3.05) is 30.8 Å². The Labute approximate surface area is 126 Å². The van der Waals surface area contributed by atoms with Crippen LogP contribution in [0.1, 0.15) is 18.9 Å². The lowest BCUT2D eigenvalue weighted by atomic mass is 10.1. The molecule has 0 radical (unpaired) electrons. The van der Waals surface area contributed by atoms with E-state index >= 15 is 0 Å². The van der Waals surface area contributed by atoms with E-state index in [9.17, 15) is 0 Å². The zero-order chi connectivity index (χ0) is 15.1. The molecule has 0 aliphatic carbocycles. The molecule has 0 bridgehead atoms. The molecule has 0 saturated heterocycles. The summed E-state index contributed by atoms with van der Waals surface area (Å²) >= 11 is 0. The fraction of sp³-hybridized carbons (Fsp3) is 0.353. The third kappa shape index (κ3) is 4.38. The molecule has 1 aromatic heterocycles. The van der Waals surface area contributed by atoms with E-state index < -0.39 is 0 Å². The van der Waals surface area contributed by atoms with E-state index in [0.29, 0.717) is 18.2 Å². The number of rotatable bonds is 7. The fourth-order valence-corrected chi connectivity index (χ4v) is 2.02. The van der Waals surface area contributed by atoms with Crippen LogP contribution in [0.5, 0.6) is 5.88 Å². The number of anilines is 2. The predicted molar refractivity (Wildman–Crippen MR) is 87.9 cm³/mol. The molecular weight excluding hydrogens is 262 g/mol. The molecule has 1 aromatic carbocycles. The van der Waals surface area contributed by atoms with Gasteiger partial charge in [0.1, 0.15) is 5.82 Å². The lowest BCUT2D eigenvalue weighted by Crippen LogP contribution is -2.21. The van der Waals surface area contributed by atoms with Gasteiger partial charge in [0.2, 0.25) is 5.88 Å². The number of benzene rings is 1. The first-order chi connectivity index (χ1) is 10.2. The number of hydrogen-bond donors (Lipinski definition) is 1. The second-order valence-corrected chi connectivity index (χ2v) is 5.07. The zero-order valence-corrected chi connectivity index (χ0v) is 12.7. The molecule has 21 heavy (non-hydrogen) atoms. The van der Waals surface area contributed by atoms with Crippen LogP contribution in [0.4, 0.5) is 11.5 Å². The van der Waals surface area contributed by atoms with E-state index in [1.807, 2.05) is 25.2 Å². The van der Waals surface area contributed by atoms with Gasteiger partial charge in [-0.25, -0.2) is 0 Å². The van der Waals surface area contributed by atoms with Crippen molar-refractivity contribution < 1.29 is 4.74 Å². The molecule has 1 heterocycles. The van der Waals surface area contributed by atoms with Crippen molar-refractivity contribution in [2.45, 2.75) is 19.8 Å². The smallest absolute Gasteiger partial charge is 0.239 e. The van der Waals surface area contributed by atoms with Crippen LogP contribution in [0, 0.1) is 0 Å². The summed E-state index contributed by atoms with van der Waals surface area (Å²) in [4.78, 5) is 6.62. The summed E-state index contributed by atoms with van der Waals surface area (Å²) in [5, 5.41) is 0. The molecule has 2 rings (SSSR count). The summed E-state index contributed by atoms with van der Waals surface area (Å²) in [6.45, 7) is 3.59. The average molecular weight is 285 g/mol. The highest BCUT2D eigenvalue weighted by atomic mass is 16.5. The number of aromatic nitrogens is 1. The number of nitrogen functional groups attached to an aromatic ring is 1. The monoisotopic (exact) mass is 285 g/mol. The van der Waals surface area contributed by atoms with Crippen LogP contribution in [-0.4, -0.2) is 25.2 Å². The van der Waals surface area contributed by atoms with Gasteiger partial charge in [-0.3, -0.25) is 0 Å². The topological polar surface area (TPSA) is 51.4 Å². The van der Waals surface area contributed by atoms with Gasteiger partial charge in [-0.05, 0) is 30.5 Å². The number of nitrogens with two attached hydrogens (primary N) is 1. The highest BCUT2D eigenvalue weighted by Crippen LogP contribution is 2.22. The Morgan fingerprint density at radius 1 is 1.14 bits per heavy atom. The van der Waals surface area contributed by atoms with E-state index in [4.69, 9.17) is 10.5 Å². The van der Waals surface area contributed by atoms with Gasteiger partial charge in [0.25, 0.3) is 0 Å². The van der Waals surface area contributed by atoms with Crippen LogP contribution in [0.3, 0.4) is 0 Å². The molecule has 0 aliphatic heterocycles. The molecule has 0 spiro atoms.